The van der Waals surface area contributed by atoms with Gasteiger partial charge < -0.3 is 15.0 Å². The summed E-state index contributed by atoms with van der Waals surface area (Å²) in [5.74, 6) is 0.0226. The van der Waals surface area contributed by atoms with Crippen LogP contribution in [0.25, 0.3) is 0 Å². The largest absolute Gasteiger partial charge is 0.380 e. The van der Waals surface area contributed by atoms with Crippen LogP contribution in [0.1, 0.15) is 24.8 Å². The van der Waals surface area contributed by atoms with E-state index in [-0.39, 0.29) is 5.91 Å². The van der Waals surface area contributed by atoms with Gasteiger partial charge in [-0.15, -0.1) is 0 Å². The van der Waals surface area contributed by atoms with Gasteiger partial charge >= 0.3 is 0 Å². The first-order valence-electron chi connectivity index (χ1n) is 7.39. The highest BCUT2D eigenvalue weighted by Gasteiger charge is 2.19. The van der Waals surface area contributed by atoms with E-state index in [1.165, 1.54) is 0 Å². The molecule has 1 atom stereocenters. The molecule has 1 aromatic carbocycles. The second-order valence-electron chi connectivity index (χ2n) is 5.56. The first kappa shape index (κ1) is 16.3. The monoisotopic (exact) mass is 310 g/mol. The number of aryl methyl sites for hydroxylation is 1. The summed E-state index contributed by atoms with van der Waals surface area (Å²) in [5, 5.41) is 3.57. The standard InChI is InChI=1S/C16H23ClN2O2/c1-12-5-6-13(10-15(12)17)18-16(20)7-9-19-8-3-4-14(11-19)21-2/h5-6,10,14H,3-4,7-9,11H2,1-2H3,(H,18,20)/t14-/m0/s1. The summed E-state index contributed by atoms with van der Waals surface area (Å²) in [6, 6.07) is 5.57. The summed E-state index contributed by atoms with van der Waals surface area (Å²) in [6.45, 7) is 4.67. The van der Waals surface area contributed by atoms with Crippen LogP contribution in [0.3, 0.4) is 0 Å². The average molecular weight is 311 g/mol. The first-order valence-corrected chi connectivity index (χ1v) is 7.77. The van der Waals surface area contributed by atoms with Crippen LogP contribution in [0.5, 0.6) is 0 Å². The molecule has 5 heteroatoms. The van der Waals surface area contributed by atoms with E-state index in [1.807, 2.05) is 19.1 Å². The molecule has 1 N–H and O–H groups in total. The number of halogens is 1. The van der Waals surface area contributed by atoms with Crippen molar-refractivity contribution in [1.29, 1.82) is 0 Å². The Hall–Kier alpha value is -1.10. The molecular weight excluding hydrogens is 288 g/mol. The molecule has 1 fully saturated rings. The summed E-state index contributed by atoms with van der Waals surface area (Å²) in [7, 11) is 1.75. The van der Waals surface area contributed by atoms with Gasteiger partial charge in [0.1, 0.15) is 0 Å². The van der Waals surface area contributed by atoms with Crippen LogP contribution >= 0.6 is 11.6 Å². The number of nitrogens with zero attached hydrogens (tertiary/aromatic N) is 1. The third-order valence-corrected chi connectivity index (χ3v) is 4.31. The third-order valence-electron chi connectivity index (χ3n) is 3.91. The number of nitrogens with one attached hydrogen (secondary N) is 1. The van der Waals surface area contributed by atoms with Crippen LogP contribution in [0.4, 0.5) is 5.69 Å². The molecule has 0 saturated carbocycles. The normalized spacial score (nSPS) is 19.5. The molecule has 116 valence electrons. The van der Waals surface area contributed by atoms with E-state index in [9.17, 15) is 4.79 Å². The molecular formula is C16H23ClN2O2. The van der Waals surface area contributed by atoms with Gasteiger partial charge in [-0.05, 0) is 44.0 Å². The lowest BCUT2D eigenvalue weighted by molar-refractivity contribution is -0.116. The summed E-state index contributed by atoms with van der Waals surface area (Å²) in [4.78, 5) is 14.3. The number of hydrogen-bond acceptors (Lipinski definition) is 3. The molecule has 1 aliphatic heterocycles. The van der Waals surface area contributed by atoms with Gasteiger partial charge in [-0.3, -0.25) is 4.79 Å². The molecule has 0 aromatic heterocycles. The molecule has 0 unspecified atom stereocenters. The van der Waals surface area contributed by atoms with Crippen molar-refractivity contribution in [2.45, 2.75) is 32.3 Å². The van der Waals surface area contributed by atoms with E-state index in [0.717, 1.165) is 43.7 Å². The minimum absolute atomic E-state index is 0.0226. The van der Waals surface area contributed by atoms with E-state index >= 15 is 0 Å². The second kappa shape index (κ2) is 7.78. The molecule has 0 bridgehead atoms. The minimum atomic E-state index is 0.0226. The smallest absolute Gasteiger partial charge is 0.225 e. The molecule has 21 heavy (non-hydrogen) atoms. The van der Waals surface area contributed by atoms with Gasteiger partial charge in [0.15, 0.2) is 0 Å². The summed E-state index contributed by atoms with van der Waals surface area (Å²) >= 11 is 6.05. The molecule has 0 aliphatic carbocycles. The molecule has 1 saturated heterocycles. The van der Waals surface area contributed by atoms with Gasteiger partial charge in [0, 0.05) is 37.3 Å². The number of carbonyl (C=O) groups excluding carboxylic acids is 1. The Morgan fingerprint density at radius 1 is 1.52 bits per heavy atom. The van der Waals surface area contributed by atoms with Gasteiger partial charge in [-0.25, -0.2) is 0 Å². The fraction of sp³-hybridized carbons (Fsp3) is 0.562. The van der Waals surface area contributed by atoms with E-state index in [0.29, 0.717) is 17.5 Å². The summed E-state index contributed by atoms with van der Waals surface area (Å²) in [6.07, 6.45) is 3.04. The first-order chi connectivity index (χ1) is 10.1. The lowest BCUT2D eigenvalue weighted by Gasteiger charge is -2.31. The lowest BCUT2D eigenvalue weighted by Crippen LogP contribution is -2.40. The summed E-state index contributed by atoms with van der Waals surface area (Å²) in [5.41, 5.74) is 1.76. The molecule has 2 rings (SSSR count). The molecule has 0 radical (unpaired) electrons. The predicted molar refractivity (Wildman–Crippen MR) is 85.9 cm³/mol. The quantitative estimate of drug-likeness (QED) is 0.908. The minimum Gasteiger partial charge on any atom is -0.380 e. The van der Waals surface area contributed by atoms with Crippen LogP contribution in [0.15, 0.2) is 18.2 Å². The van der Waals surface area contributed by atoms with Crippen molar-refractivity contribution in [3.63, 3.8) is 0 Å². The highest BCUT2D eigenvalue weighted by Crippen LogP contribution is 2.20. The maximum absolute atomic E-state index is 12.0. The Balaban J connectivity index is 1.78. The average Bonchev–Trinajstić information content (AvgIpc) is 2.49. The zero-order valence-corrected chi connectivity index (χ0v) is 13.4. The number of benzene rings is 1. The van der Waals surface area contributed by atoms with Crippen LogP contribution in [0, 0.1) is 6.92 Å². The second-order valence-corrected chi connectivity index (χ2v) is 5.97. The Morgan fingerprint density at radius 2 is 2.33 bits per heavy atom. The van der Waals surface area contributed by atoms with Crippen molar-refractivity contribution >= 4 is 23.2 Å². The number of hydrogen-bond donors (Lipinski definition) is 1. The van der Waals surface area contributed by atoms with E-state index < -0.39 is 0 Å². The van der Waals surface area contributed by atoms with Crippen molar-refractivity contribution < 1.29 is 9.53 Å². The Morgan fingerprint density at radius 3 is 3.05 bits per heavy atom. The fourth-order valence-corrected chi connectivity index (χ4v) is 2.74. The van der Waals surface area contributed by atoms with Crippen molar-refractivity contribution in [2.75, 3.05) is 32.1 Å². The van der Waals surface area contributed by atoms with E-state index in [4.69, 9.17) is 16.3 Å². The SMILES string of the molecule is CO[C@H]1CCCN(CCC(=O)Nc2ccc(C)c(Cl)c2)C1. The van der Waals surface area contributed by atoms with Crippen molar-refractivity contribution in [3.8, 4) is 0 Å². The Bertz CT molecular complexity index is 493. The molecule has 1 amide bonds. The topological polar surface area (TPSA) is 41.6 Å². The summed E-state index contributed by atoms with van der Waals surface area (Å²) < 4.78 is 5.39. The highest BCUT2D eigenvalue weighted by molar-refractivity contribution is 6.31. The number of carbonyl (C=O) groups is 1. The number of ether oxygens (including phenoxy) is 1. The number of piperidine rings is 1. The molecule has 0 spiro atoms. The molecule has 1 heterocycles. The van der Waals surface area contributed by atoms with E-state index in [2.05, 4.69) is 10.2 Å². The van der Waals surface area contributed by atoms with Crippen molar-refractivity contribution in [1.82, 2.24) is 4.90 Å². The van der Waals surface area contributed by atoms with Gasteiger partial charge in [0.05, 0.1) is 6.10 Å². The van der Waals surface area contributed by atoms with Crippen molar-refractivity contribution in [2.24, 2.45) is 0 Å². The zero-order chi connectivity index (χ0) is 15.2. The maximum Gasteiger partial charge on any atom is 0.225 e. The predicted octanol–water partition coefficient (Wildman–Crippen LogP) is 3.09. The Labute approximate surface area is 131 Å². The molecule has 1 aliphatic rings. The Kier molecular flexibility index (Phi) is 6.03. The molecule has 1 aromatic rings. The van der Waals surface area contributed by atoms with Gasteiger partial charge in [0.25, 0.3) is 0 Å². The van der Waals surface area contributed by atoms with Crippen molar-refractivity contribution in [3.05, 3.63) is 28.8 Å². The van der Waals surface area contributed by atoms with Crippen LogP contribution in [-0.4, -0.2) is 43.7 Å². The number of likely N-dealkylation sites (tertiary alicyclic amines) is 1. The van der Waals surface area contributed by atoms with E-state index in [1.54, 1.807) is 13.2 Å². The highest BCUT2D eigenvalue weighted by atomic mass is 35.5. The number of amides is 1. The van der Waals surface area contributed by atoms with Crippen LogP contribution in [-0.2, 0) is 9.53 Å². The molecule has 4 nitrogen and oxygen atoms in total. The third kappa shape index (κ3) is 4.99. The van der Waals surface area contributed by atoms with Crippen LogP contribution in [0.2, 0.25) is 5.02 Å². The van der Waals surface area contributed by atoms with Gasteiger partial charge in [-0.2, -0.15) is 0 Å². The maximum atomic E-state index is 12.0. The van der Waals surface area contributed by atoms with Gasteiger partial charge in [-0.1, -0.05) is 17.7 Å². The van der Waals surface area contributed by atoms with Gasteiger partial charge in [0.2, 0.25) is 5.91 Å². The zero-order valence-electron chi connectivity index (χ0n) is 12.7. The lowest BCUT2D eigenvalue weighted by atomic mass is 10.1. The fourth-order valence-electron chi connectivity index (χ4n) is 2.56. The number of methoxy groups -OCH3 is 1. The van der Waals surface area contributed by atoms with Crippen LogP contribution < -0.4 is 5.32 Å². The number of anilines is 1. The number of rotatable bonds is 5.